The number of rotatable bonds is 1. The summed E-state index contributed by atoms with van der Waals surface area (Å²) in [5, 5.41) is 13.3. The predicted molar refractivity (Wildman–Crippen MR) is 64.6 cm³/mol. The lowest BCUT2D eigenvalue weighted by molar-refractivity contribution is -0.180. The van der Waals surface area contributed by atoms with Crippen molar-refractivity contribution in [2.24, 2.45) is 0 Å². The third kappa shape index (κ3) is 4.29. The molecule has 10 heteroatoms. The Morgan fingerprint density at radius 3 is 2.29 bits per heavy atom. The number of hydrogen-bond acceptors (Lipinski definition) is 5. The van der Waals surface area contributed by atoms with Crippen molar-refractivity contribution in [2.45, 2.75) is 32.5 Å². The standard InChI is InChI=1S/C11H13F3N4O3/c1-10(2,3)21-9(20)18(8(19)11(12,13)14)7(15)6-4-5-16-17-6/h4-5,15H,1-3H3,(H,16,17). The van der Waals surface area contributed by atoms with Gasteiger partial charge >= 0.3 is 18.2 Å². The van der Waals surface area contributed by atoms with Crippen LogP contribution in [0.3, 0.4) is 0 Å². The van der Waals surface area contributed by atoms with Crippen molar-refractivity contribution in [1.29, 1.82) is 5.41 Å². The number of carbonyl (C=O) groups excluding carboxylic acids is 2. The number of ether oxygens (including phenoxy) is 1. The molecule has 0 bridgehead atoms. The number of H-pyrrole nitrogens is 1. The van der Waals surface area contributed by atoms with E-state index in [1.807, 2.05) is 0 Å². The van der Waals surface area contributed by atoms with E-state index in [1.54, 1.807) is 0 Å². The second-order valence-corrected chi connectivity index (χ2v) is 4.93. The van der Waals surface area contributed by atoms with Crippen molar-refractivity contribution in [3.63, 3.8) is 0 Å². The van der Waals surface area contributed by atoms with Gasteiger partial charge in [0.1, 0.15) is 11.3 Å². The second kappa shape index (κ2) is 5.54. The number of nitrogens with one attached hydrogen (secondary N) is 2. The predicted octanol–water partition coefficient (Wildman–Crippen LogP) is 2.06. The SMILES string of the molecule is CC(C)(C)OC(=O)N(C(=N)c1cc[nH]n1)C(=O)C(F)(F)F. The number of imide groups is 1. The van der Waals surface area contributed by atoms with Crippen molar-refractivity contribution in [3.05, 3.63) is 18.0 Å². The number of carbonyl (C=O) groups is 2. The monoisotopic (exact) mass is 306 g/mol. The quantitative estimate of drug-likeness (QED) is 0.612. The van der Waals surface area contributed by atoms with E-state index < -0.39 is 34.5 Å². The van der Waals surface area contributed by atoms with Crippen molar-refractivity contribution < 1.29 is 27.5 Å². The zero-order valence-corrected chi connectivity index (χ0v) is 11.4. The minimum atomic E-state index is -5.33. The Morgan fingerprint density at radius 1 is 1.33 bits per heavy atom. The van der Waals surface area contributed by atoms with E-state index in [9.17, 15) is 22.8 Å². The number of nitrogens with zero attached hydrogens (tertiary/aromatic N) is 2. The van der Waals surface area contributed by atoms with Gasteiger partial charge in [-0.1, -0.05) is 0 Å². The van der Waals surface area contributed by atoms with E-state index in [1.165, 1.54) is 27.0 Å². The summed E-state index contributed by atoms with van der Waals surface area (Å²) in [4.78, 5) is 22.7. The Hall–Kier alpha value is -2.39. The van der Waals surface area contributed by atoms with Gasteiger partial charge in [0.05, 0.1) is 0 Å². The van der Waals surface area contributed by atoms with Gasteiger partial charge in [0.25, 0.3) is 0 Å². The highest BCUT2D eigenvalue weighted by molar-refractivity contribution is 6.16. The molecule has 2 amide bonds. The first-order chi connectivity index (χ1) is 9.43. The normalized spacial score (nSPS) is 11.9. The highest BCUT2D eigenvalue weighted by Crippen LogP contribution is 2.21. The van der Waals surface area contributed by atoms with E-state index in [4.69, 9.17) is 10.1 Å². The zero-order chi connectivity index (χ0) is 16.4. The fraction of sp³-hybridized carbons (Fsp3) is 0.455. The highest BCUT2D eigenvalue weighted by Gasteiger charge is 2.48. The van der Waals surface area contributed by atoms with Gasteiger partial charge in [-0.3, -0.25) is 15.3 Å². The molecule has 0 aliphatic heterocycles. The number of hydrogen-bond donors (Lipinski definition) is 2. The molecule has 2 N–H and O–H groups in total. The maximum atomic E-state index is 12.6. The Morgan fingerprint density at radius 2 is 1.90 bits per heavy atom. The summed E-state index contributed by atoms with van der Waals surface area (Å²) in [5.74, 6) is -3.56. The molecule has 0 aliphatic rings. The molecule has 0 fully saturated rings. The molecule has 116 valence electrons. The molecule has 7 nitrogen and oxygen atoms in total. The van der Waals surface area contributed by atoms with Crippen LogP contribution in [0, 0.1) is 5.41 Å². The molecule has 0 aromatic carbocycles. The van der Waals surface area contributed by atoms with Crippen molar-refractivity contribution in [2.75, 3.05) is 0 Å². The van der Waals surface area contributed by atoms with E-state index in [0.29, 0.717) is 0 Å². The number of halogens is 3. The number of alkyl halides is 3. The summed E-state index contributed by atoms with van der Waals surface area (Å²) >= 11 is 0. The molecule has 1 rings (SSSR count). The molecule has 0 saturated carbocycles. The van der Waals surface area contributed by atoms with Crippen LogP contribution in [0.2, 0.25) is 0 Å². The average molecular weight is 306 g/mol. The molecule has 0 spiro atoms. The first-order valence-electron chi connectivity index (χ1n) is 5.66. The molecule has 0 unspecified atom stereocenters. The third-order valence-electron chi connectivity index (χ3n) is 1.99. The van der Waals surface area contributed by atoms with Crippen LogP contribution < -0.4 is 0 Å². The van der Waals surface area contributed by atoms with Gasteiger partial charge in [0.15, 0.2) is 5.84 Å². The van der Waals surface area contributed by atoms with Gasteiger partial charge in [-0.25, -0.2) is 4.79 Å². The topological polar surface area (TPSA) is 99.1 Å². The van der Waals surface area contributed by atoms with Crippen LogP contribution in [0.5, 0.6) is 0 Å². The molecule has 0 radical (unpaired) electrons. The van der Waals surface area contributed by atoms with Crippen molar-refractivity contribution >= 4 is 17.8 Å². The fourth-order valence-electron chi connectivity index (χ4n) is 1.22. The number of aromatic amines is 1. The van der Waals surface area contributed by atoms with Crippen molar-refractivity contribution in [1.82, 2.24) is 15.1 Å². The number of amides is 2. The first-order valence-corrected chi connectivity index (χ1v) is 5.66. The molecular weight excluding hydrogens is 293 g/mol. The zero-order valence-electron chi connectivity index (χ0n) is 11.4. The van der Waals surface area contributed by atoms with Gasteiger partial charge in [-0.15, -0.1) is 0 Å². The van der Waals surface area contributed by atoms with Gasteiger partial charge in [-0.05, 0) is 26.8 Å². The smallest absolute Gasteiger partial charge is 0.443 e. The van der Waals surface area contributed by atoms with Gasteiger partial charge in [0.2, 0.25) is 0 Å². The van der Waals surface area contributed by atoms with E-state index in [0.717, 1.165) is 6.07 Å². The van der Waals surface area contributed by atoms with Crippen LogP contribution in [0.4, 0.5) is 18.0 Å². The molecule has 0 aliphatic carbocycles. The molecule has 1 aromatic rings. The lowest BCUT2D eigenvalue weighted by atomic mass is 10.2. The van der Waals surface area contributed by atoms with Crippen LogP contribution in [0.1, 0.15) is 26.5 Å². The number of amidine groups is 1. The van der Waals surface area contributed by atoms with Gasteiger partial charge in [-0.2, -0.15) is 23.2 Å². The summed E-state index contributed by atoms with van der Waals surface area (Å²) in [6.45, 7) is 4.25. The Kier molecular flexibility index (Phi) is 4.40. The maximum Gasteiger partial charge on any atom is 0.472 e. The summed E-state index contributed by atoms with van der Waals surface area (Å²) in [6.07, 6.45) is -5.70. The molecule has 1 heterocycles. The highest BCUT2D eigenvalue weighted by atomic mass is 19.4. The Labute approximate surface area is 117 Å². The Balaban J connectivity index is 3.15. The number of aromatic nitrogens is 2. The van der Waals surface area contributed by atoms with Gasteiger partial charge in [0, 0.05) is 6.20 Å². The first kappa shape index (κ1) is 16.7. The molecule has 1 aromatic heterocycles. The Bertz CT molecular complexity index is 546. The molecule has 0 atom stereocenters. The van der Waals surface area contributed by atoms with Crippen LogP contribution >= 0.6 is 0 Å². The fourth-order valence-corrected chi connectivity index (χ4v) is 1.22. The summed E-state index contributed by atoms with van der Waals surface area (Å²) in [7, 11) is 0. The molecular formula is C11H13F3N4O3. The van der Waals surface area contributed by atoms with E-state index >= 15 is 0 Å². The van der Waals surface area contributed by atoms with Crippen LogP contribution in [0.15, 0.2) is 12.3 Å². The minimum absolute atomic E-state index is 0.307. The van der Waals surface area contributed by atoms with E-state index in [-0.39, 0.29) is 5.69 Å². The average Bonchev–Trinajstić information content (AvgIpc) is 2.78. The lowest BCUT2D eigenvalue weighted by Gasteiger charge is -2.26. The lowest BCUT2D eigenvalue weighted by Crippen LogP contribution is -2.50. The summed E-state index contributed by atoms with van der Waals surface area (Å²) < 4.78 is 42.4. The summed E-state index contributed by atoms with van der Waals surface area (Å²) in [6, 6.07) is 1.14. The van der Waals surface area contributed by atoms with Crippen LogP contribution in [-0.4, -0.2) is 44.7 Å². The molecule has 0 saturated heterocycles. The summed E-state index contributed by atoms with van der Waals surface area (Å²) in [5.41, 5.74) is -1.44. The van der Waals surface area contributed by atoms with Crippen LogP contribution in [0.25, 0.3) is 0 Å². The van der Waals surface area contributed by atoms with Gasteiger partial charge < -0.3 is 4.74 Å². The van der Waals surface area contributed by atoms with Crippen molar-refractivity contribution in [3.8, 4) is 0 Å². The molecule has 21 heavy (non-hydrogen) atoms. The maximum absolute atomic E-state index is 12.6. The minimum Gasteiger partial charge on any atom is -0.443 e. The second-order valence-electron chi connectivity index (χ2n) is 4.93. The largest absolute Gasteiger partial charge is 0.472 e. The van der Waals surface area contributed by atoms with E-state index in [2.05, 4.69) is 10.2 Å². The third-order valence-corrected chi connectivity index (χ3v) is 1.99. The van der Waals surface area contributed by atoms with Crippen LogP contribution in [-0.2, 0) is 9.53 Å².